The summed E-state index contributed by atoms with van der Waals surface area (Å²) in [6.07, 6.45) is 2.10. The topological polar surface area (TPSA) is 75.6 Å². The number of carbonyl (C=O) groups excluding carboxylic acids is 2. The Labute approximate surface area is 121 Å². The Kier molecular flexibility index (Phi) is 4.36. The van der Waals surface area contributed by atoms with E-state index in [2.05, 4.69) is 11.9 Å². The first-order valence-corrected chi connectivity index (χ1v) is 6.12. The third-order valence-corrected chi connectivity index (χ3v) is 2.77. The summed E-state index contributed by atoms with van der Waals surface area (Å²) >= 11 is 0. The molecule has 1 amide bonds. The van der Waals surface area contributed by atoms with E-state index in [-0.39, 0.29) is 17.0 Å². The first-order chi connectivity index (χ1) is 10.1. The largest absolute Gasteiger partial charge is 0.506 e. The van der Waals surface area contributed by atoms with Crippen LogP contribution in [0.4, 0.5) is 5.69 Å². The number of nitrogens with one attached hydrogen (secondary N) is 1. The minimum absolute atomic E-state index is 0.131. The van der Waals surface area contributed by atoms with Crippen molar-refractivity contribution in [1.29, 1.82) is 0 Å². The predicted molar refractivity (Wildman–Crippen MR) is 79.3 cm³/mol. The van der Waals surface area contributed by atoms with Crippen LogP contribution in [-0.4, -0.2) is 17.5 Å². The van der Waals surface area contributed by atoms with Crippen LogP contribution in [-0.2, 0) is 4.79 Å². The molecule has 0 aliphatic carbocycles. The molecule has 2 aromatic rings. The lowest BCUT2D eigenvalue weighted by molar-refractivity contribution is -0.105. The fraction of sp³-hybridized carbons (Fsp3) is 0. The second kappa shape index (κ2) is 6.38. The summed E-state index contributed by atoms with van der Waals surface area (Å²) in [6.45, 7) is 3.64. The fourth-order valence-corrected chi connectivity index (χ4v) is 1.68. The summed E-state index contributed by atoms with van der Waals surface area (Å²) in [5, 5.41) is 11.8. The van der Waals surface area contributed by atoms with Crippen molar-refractivity contribution in [3.8, 4) is 11.5 Å². The Balaban J connectivity index is 2.17. The van der Waals surface area contributed by atoms with Crippen LogP contribution in [0.15, 0.2) is 49.0 Å². The van der Waals surface area contributed by atoms with E-state index in [0.29, 0.717) is 12.2 Å². The number of esters is 1. The lowest BCUT2D eigenvalue weighted by Crippen LogP contribution is -2.09. The van der Waals surface area contributed by atoms with Crippen LogP contribution in [0.25, 0.3) is 6.08 Å². The zero-order valence-corrected chi connectivity index (χ0v) is 11.1. The van der Waals surface area contributed by atoms with Crippen LogP contribution in [0.1, 0.15) is 15.9 Å². The Morgan fingerprint density at radius 3 is 2.52 bits per heavy atom. The normalized spacial score (nSPS) is 9.71. The molecule has 0 heterocycles. The number of carbonyl (C=O) groups is 2. The number of phenolic OH excluding ortho intramolecular Hbond substituents is 1. The number of aromatic hydroxyl groups is 1. The molecule has 2 aromatic carbocycles. The quantitative estimate of drug-likeness (QED) is 0.383. The maximum Gasteiger partial charge on any atom is 0.343 e. The molecule has 5 heteroatoms. The molecule has 0 unspecified atom stereocenters. The van der Waals surface area contributed by atoms with Gasteiger partial charge >= 0.3 is 5.97 Å². The Morgan fingerprint density at radius 2 is 1.90 bits per heavy atom. The van der Waals surface area contributed by atoms with Crippen LogP contribution < -0.4 is 10.1 Å². The van der Waals surface area contributed by atoms with Gasteiger partial charge in [0.05, 0.1) is 11.3 Å². The SMILES string of the molecule is C=Cc1ccc(OC(=O)c2ccc(O)c(NC=O)c2)cc1. The van der Waals surface area contributed by atoms with Crippen molar-refractivity contribution in [2.24, 2.45) is 0 Å². The molecular formula is C16H13NO4. The number of benzene rings is 2. The Bertz CT molecular complexity index is 677. The van der Waals surface area contributed by atoms with Gasteiger partial charge in [-0.05, 0) is 35.9 Å². The van der Waals surface area contributed by atoms with E-state index in [1.165, 1.54) is 18.2 Å². The second-order valence-corrected chi connectivity index (χ2v) is 4.16. The molecule has 0 bridgehead atoms. The molecule has 0 saturated heterocycles. The second-order valence-electron chi connectivity index (χ2n) is 4.16. The van der Waals surface area contributed by atoms with Gasteiger partial charge in [-0.25, -0.2) is 4.79 Å². The molecule has 2 rings (SSSR count). The third kappa shape index (κ3) is 3.48. The summed E-state index contributed by atoms with van der Waals surface area (Å²) < 4.78 is 5.20. The van der Waals surface area contributed by atoms with Gasteiger partial charge in [-0.15, -0.1) is 0 Å². The lowest BCUT2D eigenvalue weighted by Gasteiger charge is -2.07. The van der Waals surface area contributed by atoms with E-state index in [0.717, 1.165) is 5.56 Å². The number of hydrogen-bond donors (Lipinski definition) is 2. The third-order valence-electron chi connectivity index (χ3n) is 2.77. The van der Waals surface area contributed by atoms with E-state index >= 15 is 0 Å². The highest BCUT2D eigenvalue weighted by Crippen LogP contribution is 2.24. The first-order valence-electron chi connectivity index (χ1n) is 6.12. The van der Waals surface area contributed by atoms with E-state index in [1.807, 2.05) is 0 Å². The molecular weight excluding hydrogens is 270 g/mol. The molecule has 0 radical (unpaired) electrons. The van der Waals surface area contributed by atoms with Gasteiger partial charge in [0.25, 0.3) is 0 Å². The van der Waals surface area contributed by atoms with Gasteiger partial charge in [-0.1, -0.05) is 24.8 Å². The van der Waals surface area contributed by atoms with Gasteiger partial charge < -0.3 is 15.2 Å². The summed E-state index contributed by atoms with van der Waals surface area (Å²) in [4.78, 5) is 22.4. The van der Waals surface area contributed by atoms with E-state index in [1.54, 1.807) is 30.3 Å². The predicted octanol–water partition coefficient (Wildman–Crippen LogP) is 2.82. The number of hydrogen-bond acceptors (Lipinski definition) is 4. The smallest absolute Gasteiger partial charge is 0.343 e. The molecule has 2 N–H and O–H groups in total. The van der Waals surface area contributed by atoms with Gasteiger partial charge in [0, 0.05) is 0 Å². The van der Waals surface area contributed by atoms with Crippen LogP contribution >= 0.6 is 0 Å². The highest BCUT2D eigenvalue weighted by atomic mass is 16.5. The number of phenols is 1. The maximum atomic E-state index is 12.0. The molecule has 0 aromatic heterocycles. The van der Waals surface area contributed by atoms with Crippen molar-refractivity contribution in [2.45, 2.75) is 0 Å². The van der Waals surface area contributed by atoms with Gasteiger partial charge in [-0.3, -0.25) is 4.79 Å². The fourth-order valence-electron chi connectivity index (χ4n) is 1.68. The van der Waals surface area contributed by atoms with Crippen molar-refractivity contribution in [3.05, 3.63) is 60.2 Å². The number of rotatable bonds is 5. The van der Waals surface area contributed by atoms with Crippen LogP contribution in [0.2, 0.25) is 0 Å². The number of amides is 1. The minimum atomic E-state index is -0.588. The van der Waals surface area contributed by atoms with Gasteiger partial charge in [0.15, 0.2) is 0 Å². The summed E-state index contributed by atoms with van der Waals surface area (Å²) in [7, 11) is 0. The standard InChI is InChI=1S/C16H13NO4/c1-2-11-3-6-13(7-4-11)21-16(20)12-5-8-15(19)14(9-12)17-10-18/h2-10,19H,1H2,(H,17,18). The van der Waals surface area contributed by atoms with Crippen LogP contribution in [0.5, 0.6) is 11.5 Å². The van der Waals surface area contributed by atoms with Gasteiger partial charge in [0.1, 0.15) is 11.5 Å². The van der Waals surface area contributed by atoms with Gasteiger partial charge in [0.2, 0.25) is 6.41 Å². The van der Waals surface area contributed by atoms with Crippen LogP contribution in [0.3, 0.4) is 0 Å². The summed E-state index contributed by atoms with van der Waals surface area (Å²) in [6, 6.07) is 10.9. The van der Waals surface area contributed by atoms with Crippen molar-refractivity contribution < 1.29 is 19.4 Å². The molecule has 0 atom stereocenters. The zero-order valence-electron chi connectivity index (χ0n) is 11.1. The molecule has 0 fully saturated rings. The highest BCUT2D eigenvalue weighted by Gasteiger charge is 2.11. The minimum Gasteiger partial charge on any atom is -0.506 e. The summed E-state index contributed by atoms with van der Waals surface area (Å²) in [5.41, 5.74) is 1.27. The van der Waals surface area contributed by atoms with E-state index in [4.69, 9.17) is 4.74 Å². The van der Waals surface area contributed by atoms with Crippen LogP contribution in [0, 0.1) is 0 Å². The monoisotopic (exact) mass is 283 g/mol. The van der Waals surface area contributed by atoms with Crippen molar-refractivity contribution in [3.63, 3.8) is 0 Å². The van der Waals surface area contributed by atoms with Gasteiger partial charge in [-0.2, -0.15) is 0 Å². The molecule has 21 heavy (non-hydrogen) atoms. The number of ether oxygens (including phenoxy) is 1. The molecule has 0 saturated carbocycles. The Morgan fingerprint density at radius 1 is 1.19 bits per heavy atom. The van der Waals surface area contributed by atoms with Crippen molar-refractivity contribution in [2.75, 3.05) is 5.32 Å². The zero-order chi connectivity index (χ0) is 15.2. The Hall–Kier alpha value is -3.08. The molecule has 0 spiro atoms. The molecule has 5 nitrogen and oxygen atoms in total. The number of anilines is 1. The molecule has 0 aliphatic heterocycles. The summed E-state index contributed by atoms with van der Waals surface area (Å²) in [5.74, 6) is -0.326. The van der Waals surface area contributed by atoms with Crippen molar-refractivity contribution >= 4 is 24.1 Å². The molecule has 0 aliphatic rings. The van der Waals surface area contributed by atoms with E-state index in [9.17, 15) is 14.7 Å². The average molecular weight is 283 g/mol. The lowest BCUT2D eigenvalue weighted by atomic mass is 10.2. The molecule has 106 valence electrons. The van der Waals surface area contributed by atoms with Crippen molar-refractivity contribution in [1.82, 2.24) is 0 Å². The first kappa shape index (κ1) is 14.3. The highest BCUT2D eigenvalue weighted by molar-refractivity contribution is 5.93. The maximum absolute atomic E-state index is 12.0. The average Bonchev–Trinajstić information content (AvgIpc) is 2.50. The van der Waals surface area contributed by atoms with E-state index < -0.39 is 5.97 Å².